The highest BCUT2D eigenvalue weighted by molar-refractivity contribution is 7.47. The van der Waals surface area contributed by atoms with Crippen LogP contribution in [0.3, 0.4) is 0 Å². The Morgan fingerprint density at radius 3 is 0.837 bits per heavy atom. The molecule has 0 aromatic heterocycles. The molecule has 558 valence electrons. The minimum absolute atomic E-state index is 0.0613. The van der Waals surface area contributed by atoms with E-state index in [-0.39, 0.29) is 25.7 Å². The van der Waals surface area contributed by atoms with Crippen LogP contribution in [0.5, 0.6) is 0 Å². The standard InChI is InChI=1S/C79H130O17P2/c1-5-9-13-17-21-25-29-33-36-40-43-47-51-55-59-63-76(81)89-69-74(95-78(83)65-61-57-53-49-45-39-32-28-24-20-16-12-8-4)71-93-97(85,86)91-67-73(80)68-92-98(87,88)94-72-75(96-79(84)66-62-58-54-50-46-42-38-35-31-27-23-19-15-11-7-3)70-90-77(82)64-60-56-52-48-44-41-37-34-30-26-22-18-14-10-6-2/h9-11,13-16,20-23,25-28,32-38,44,48,73-75,80H,5-8,12,17-19,24,29-31,39-43,45-47,49-72H2,1-4H3,(H,85,86)(H,87,88)/b13-9-,14-10-,15-11-,20-16-,25-21-,26-22-,27-23-,32-28-,36-33-,37-34-,38-35-,48-44-. The molecule has 0 rings (SSSR count). The minimum atomic E-state index is -4.99. The van der Waals surface area contributed by atoms with Crippen LogP contribution >= 0.6 is 15.6 Å². The molecule has 19 heteroatoms. The monoisotopic (exact) mass is 1410 g/mol. The summed E-state index contributed by atoms with van der Waals surface area (Å²) < 4.78 is 68.3. The summed E-state index contributed by atoms with van der Waals surface area (Å²) in [6.07, 6.45) is 78.5. The summed E-state index contributed by atoms with van der Waals surface area (Å²) in [5.74, 6) is -2.29. The van der Waals surface area contributed by atoms with Crippen molar-refractivity contribution in [2.75, 3.05) is 39.6 Å². The first-order chi connectivity index (χ1) is 47.7. The van der Waals surface area contributed by atoms with Gasteiger partial charge >= 0.3 is 39.5 Å². The van der Waals surface area contributed by atoms with E-state index < -0.39 is 97.5 Å². The summed E-state index contributed by atoms with van der Waals surface area (Å²) in [4.78, 5) is 72.8. The van der Waals surface area contributed by atoms with Gasteiger partial charge in [-0.25, -0.2) is 9.13 Å². The van der Waals surface area contributed by atoms with Gasteiger partial charge in [0.2, 0.25) is 0 Å². The van der Waals surface area contributed by atoms with Crippen LogP contribution in [-0.2, 0) is 65.4 Å². The number of phosphoric acid groups is 2. The van der Waals surface area contributed by atoms with Crippen LogP contribution in [0.25, 0.3) is 0 Å². The maximum atomic E-state index is 13.1. The maximum Gasteiger partial charge on any atom is 0.472 e. The van der Waals surface area contributed by atoms with E-state index in [9.17, 15) is 43.2 Å². The smallest absolute Gasteiger partial charge is 0.462 e. The number of rotatable bonds is 68. The highest BCUT2D eigenvalue weighted by Crippen LogP contribution is 2.45. The fraction of sp³-hybridized carbons (Fsp3) is 0.646. The Morgan fingerprint density at radius 2 is 0.531 bits per heavy atom. The quantitative estimate of drug-likeness (QED) is 0.0169. The van der Waals surface area contributed by atoms with Gasteiger partial charge in [-0.15, -0.1) is 0 Å². The van der Waals surface area contributed by atoms with Crippen LogP contribution < -0.4 is 0 Å². The molecular formula is C79H130O17P2. The summed E-state index contributed by atoms with van der Waals surface area (Å²) in [6.45, 7) is 4.34. The lowest BCUT2D eigenvalue weighted by molar-refractivity contribution is -0.161. The second kappa shape index (κ2) is 70.4. The van der Waals surface area contributed by atoms with Gasteiger partial charge in [-0.2, -0.15) is 0 Å². The van der Waals surface area contributed by atoms with Gasteiger partial charge in [0, 0.05) is 25.7 Å². The van der Waals surface area contributed by atoms with Crippen molar-refractivity contribution in [2.24, 2.45) is 0 Å². The first kappa shape index (κ1) is 92.9. The van der Waals surface area contributed by atoms with Gasteiger partial charge in [-0.1, -0.05) is 238 Å². The predicted molar refractivity (Wildman–Crippen MR) is 399 cm³/mol. The second-order valence-electron chi connectivity index (χ2n) is 24.1. The SMILES string of the molecule is CC/C=C\C/C=C\C/C=C\C/C=C\CCCCC(=O)OCC(COP(=O)(O)OCC(O)COP(=O)(O)OCC(COC(=O)CCCCCCC/C=C\C/C=C\C/C=C\CC)OC(=O)CCCCCCC/C=C\C/C=C\CCC)OC(=O)CCCCCCC/C=C\C/C=C\C/C=C\CC. The van der Waals surface area contributed by atoms with Gasteiger partial charge < -0.3 is 33.8 Å². The lowest BCUT2D eigenvalue weighted by Gasteiger charge is -2.21. The molecule has 17 nitrogen and oxygen atoms in total. The average molecular weight is 1410 g/mol. The summed E-state index contributed by atoms with van der Waals surface area (Å²) in [7, 11) is -9.98. The van der Waals surface area contributed by atoms with Crippen molar-refractivity contribution in [1.29, 1.82) is 0 Å². The Hall–Kier alpha value is -5.06. The van der Waals surface area contributed by atoms with E-state index in [1.54, 1.807) is 0 Å². The van der Waals surface area contributed by atoms with Gasteiger partial charge in [0.1, 0.15) is 19.3 Å². The number of hydrogen-bond donors (Lipinski definition) is 3. The zero-order valence-corrected chi connectivity index (χ0v) is 62.4. The molecule has 0 aliphatic carbocycles. The lowest BCUT2D eigenvalue weighted by Crippen LogP contribution is -2.30. The van der Waals surface area contributed by atoms with Crippen LogP contribution in [0, 0.1) is 0 Å². The molecule has 3 N–H and O–H groups in total. The van der Waals surface area contributed by atoms with E-state index in [1.165, 1.54) is 0 Å². The van der Waals surface area contributed by atoms with Crippen LogP contribution in [0.2, 0.25) is 0 Å². The van der Waals surface area contributed by atoms with Crippen LogP contribution in [0.15, 0.2) is 146 Å². The average Bonchev–Trinajstić information content (AvgIpc) is 1.04. The summed E-state index contributed by atoms with van der Waals surface area (Å²) in [5, 5.41) is 10.6. The van der Waals surface area contributed by atoms with Crippen LogP contribution in [0.4, 0.5) is 0 Å². The molecule has 0 aromatic rings. The van der Waals surface area contributed by atoms with Gasteiger partial charge in [0.25, 0.3) is 0 Å². The normalized spacial score (nSPS) is 14.8. The Kier molecular flexibility index (Phi) is 66.7. The van der Waals surface area contributed by atoms with Crippen molar-refractivity contribution in [3.05, 3.63) is 146 Å². The Bertz CT molecular complexity index is 2430. The largest absolute Gasteiger partial charge is 0.472 e. The van der Waals surface area contributed by atoms with E-state index >= 15 is 0 Å². The van der Waals surface area contributed by atoms with E-state index in [2.05, 4.69) is 174 Å². The van der Waals surface area contributed by atoms with Crippen molar-refractivity contribution in [1.82, 2.24) is 0 Å². The molecule has 0 fully saturated rings. The lowest BCUT2D eigenvalue weighted by atomic mass is 10.1. The molecule has 5 unspecified atom stereocenters. The van der Waals surface area contributed by atoms with E-state index in [0.29, 0.717) is 25.7 Å². The zero-order chi connectivity index (χ0) is 71.8. The fourth-order valence-corrected chi connectivity index (χ4v) is 10.8. The summed E-state index contributed by atoms with van der Waals surface area (Å²) in [6, 6.07) is 0. The highest BCUT2D eigenvalue weighted by atomic mass is 31.2. The number of carbonyl (C=O) groups excluding carboxylic acids is 4. The van der Waals surface area contributed by atoms with Crippen LogP contribution in [-0.4, -0.2) is 96.7 Å². The number of carbonyl (C=O) groups is 4. The van der Waals surface area contributed by atoms with Crippen molar-refractivity contribution >= 4 is 39.5 Å². The van der Waals surface area contributed by atoms with Crippen molar-refractivity contribution in [3.8, 4) is 0 Å². The topological polar surface area (TPSA) is 237 Å². The predicted octanol–water partition coefficient (Wildman–Crippen LogP) is 21.1. The maximum absolute atomic E-state index is 13.1. The molecule has 0 radical (unpaired) electrons. The number of unbranched alkanes of at least 4 members (excludes halogenated alkanes) is 18. The van der Waals surface area contributed by atoms with E-state index in [1.807, 2.05) is 0 Å². The third-order valence-corrected chi connectivity index (χ3v) is 16.7. The van der Waals surface area contributed by atoms with E-state index in [0.717, 1.165) is 193 Å². The number of esters is 4. The third kappa shape index (κ3) is 69.4. The first-order valence-electron chi connectivity index (χ1n) is 37.1. The van der Waals surface area contributed by atoms with Crippen LogP contribution in [0.1, 0.15) is 272 Å². The number of hydrogen-bond acceptors (Lipinski definition) is 15. The molecular weight excluding hydrogens is 1280 g/mol. The van der Waals surface area contributed by atoms with Gasteiger partial charge in [0.15, 0.2) is 12.2 Å². The summed E-state index contributed by atoms with van der Waals surface area (Å²) in [5.41, 5.74) is 0. The molecule has 0 amide bonds. The highest BCUT2D eigenvalue weighted by Gasteiger charge is 2.30. The minimum Gasteiger partial charge on any atom is -0.462 e. The molecule has 5 atom stereocenters. The zero-order valence-electron chi connectivity index (χ0n) is 60.7. The first-order valence-corrected chi connectivity index (χ1v) is 40.1. The Balaban J connectivity index is 5.43. The molecule has 0 aliphatic heterocycles. The number of phosphoric ester groups is 2. The second-order valence-corrected chi connectivity index (χ2v) is 27.0. The van der Waals surface area contributed by atoms with Crippen molar-refractivity contribution in [2.45, 2.75) is 290 Å². The number of allylic oxidation sites excluding steroid dienone is 24. The molecule has 0 heterocycles. The van der Waals surface area contributed by atoms with Crippen molar-refractivity contribution in [3.63, 3.8) is 0 Å². The molecule has 0 saturated heterocycles. The van der Waals surface area contributed by atoms with Gasteiger partial charge in [-0.3, -0.25) is 37.3 Å². The molecule has 0 aromatic carbocycles. The molecule has 0 bridgehead atoms. The summed E-state index contributed by atoms with van der Waals surface area (Å²) >= 11 is 0. The number of aliphatic hydroxyl groups is 1. The van der Waals surface area contributed by atoms with Gasteiger partial charge in [0.05, 0.1) is 26.4 Å². The Labute approximate surface area is 592 Å². The van der Waals surface area contributed by atoms with Crippen molar-refractivity contribution < 1.29 is 80.2 Å². The molecule has 98 heavy (non-hydrogen) atoms. The Morgan fingerprint density at radius 1 is 0.296 bits per heavy atom. The van der Waals surface area contributed by atoms with E-state index in [4.69, 9.17) is 37.0 Å². The number of aliphatic hydroxyl groups excluding tert-OH is 1. The molecule has 0 saturated carbocycles. The fourth-order valence-electron chi connectivity index (χ4n) is 9.22. The third-order valence-electron chi connectivity index (χ3n) is 14.8. The van der Waals surface area contributed by atoms with Gasteiger partial charge in [-0.05, 0) is 154 Å². The number of ether oxygens (including phenoxy) is 4. The molecule has 0 spiro atoms. The molecule has 0 aliphatic rings.